The summed E-state index contributed by atoms with van der Waals surface area (Å²) in [5.41, 5.74) is 2.61. The molecule has 7 heteroatoms. The highest BCUT2D eigenvalue weighted by Gasteiger charge is 2.21. The molecule has 1 unspecified atom stereocenters. The molecule has 6 nitrogen and oxygen atoms in total. The van der Waals surface area contributed by atoms with Gasteiger partial charge >= 0.3 is 0 Å². The average molecular weight is 342 g/mol. The van der Waals surface area contributed by atoms with Gasteiger partial charge in [-0.2, -0.15) is 5.26 Å². The third-order valence-corrected chi connectivity index (χ3v) is 3.95. The van der Waals surface area contributed by atoms with Crippen LogP contribution in [0.2, 0.25) is 5.02 Å². The summed E-state index contributed by atoms with van der Waals surface area (Å²) < 4.78 is 7.95. The number of halogens is 1. The number of imidazole rings is 1. The summed E-state index contributed by atoms with van der Waals surface area (Å²) in [5, 5.41) is 9.80. The predicted octanol–water partition coefficient (Wildman–Crippen LogP) is 3.81. The van der Waals surface area contributed by atoms with Gasteiger partial charge in [-0.25, -0.2) is 15.0 Å². The van der Waals surface area contributed by atoms with Gasteiger partial charge in [0.1, 0.15) is 35.5 Å². The highest BCUT2D eigenvalue weighted by Crippen LogP contribution is 2.31. The molecule has 1 aromatic carbocycles. The fourth-order valence-corrected chi connectivity index (χ4v) is 2.71. The Morgan fingerprint density at radius 1 is 1.33 bits per heavy atom. The van der Waals surface area contributed by atoms with E-state index >= 15 is 0 Å². The van der Waals surface area contributed by atoms with Crippen LogP contribution in [0.15, 0.2) is 30.9 Å². The highest BCUT2D eigenvalue weighted by atomic mass is 35.5. The van der Waals surface area contributed by atoms with E-state index in [1.54, 1.807) is 24.5 Å². The summed E-state index contributed by atoms with van der Waals surface area (Å²) in [7, 11) is 1.88. The van der Waals surface area contributed by atoms with Crippen molar-refractivity contribution in [3.63, 3.8) is 0 Å². The maximum absolute atomic E-state index is 9.28. The molecule has 0 spiro atoms. The second-order valence-corrected chi connectivity index (χ2v) is 5.87. The molecule has 122 valence electrons. The SMILES string of the molecule is CCCC(Oc1cc(Cl)ccc1C#N)c1ncnc2c1ncn2C. The largest absolute Gasteiger partial charge is 0.483 e. The number of nitriles is 1. The van der Waals surface area contributed by atoms with Crippen molar-refractivity contribution in [3.8, 4) is 11.8 Å². The summed E-state index contributed by atoms with van der Waals surface area (Å²) >= 11 is 6.05. The van der Waals surface area contributed by atoms with Crippen LogP contribution < -0.4 is 4.74 Å². The van der Waals surface area contributed by atoms with Crippen LogP contribution in [0, 0.1) is 11.3 Å². The summed E-state index contributed by atoms with van der Waals surface area (Å²) in [6.45, 7) is 2.07. The Morgan fingerprint density at radius 2 is 2.17 bits per heavy atom. The Labute approximate surface area is 144 Å². The first-order chi connectivity index (χ1) is 11.6. The molecule has 0 aliphatic carbocycles. The quantitative estimate of drug-likeness (QED) is 0.705. The molecule has 0 saturated carbocycles. The standard InChI is InChI=1S/C17H16ClN5O/c1-3-4-13(24-14-7-12(18)6-5-11(14)8-19)15-16-17(21-9-20-15)23(2)10-22-16/h5-7,9-10,13H,3-4H2,1-2H3. The number of hydrogen-bond acceptors (Lipinski definition) is 5. The van der Waals surface area contributed by atoms with Crippen molar-refractivity contribution in [2.24, 2.45) is 7.05 Å². The molecule has 0 N–H and O–H groups in total. The van der Waals surface area contributed by atoms with E-state index < -0.39 is 0 Å². The van der Waals surface area contributed by atoms with Gasteiger partial charge in [0.05, 0.1) is 11.9 Å². The minimum absolute atomic E-state index is 0.332. The van der Waals surface area contributed by atoms with Gasteiger partial charge in [-0.15, -0.1) is 0 Å². The van der Waals surface area contributed by atoms with E-state index in [9.17, 15) is 5.26 Å². The van der Waals surface area contributed by atoms with Crippen molar-refractivity contribution in [2.75, 3.05) is 0 Å². The lowest BCUT2D eigenvalue weighted by Gasteiger charge is -2.19. The van der Waals surface area contributed by atoms with Gasteiger partial charge in [0.2, 0.25) is 0 Å². The molecule has 0 radical (unpaired) electrons. The number of benzene rings is 1. The van der Waals surface area contributed by atoms with E-state index in [1.165, 1.54) is 6.33 Å². The Kier molecular flexibility index (Phi) is 4.63. The molecule has 2 heterocycles. The first kappa shape index (κ1) is 16.2. The summed E-state index contributed by atoms with van der Waals surface area (Å²) in [4.78, 5) is 13.0. The van der Waals surface area contributed by atoms with Gasteiger partial charge in [0.15, 0.2) is 5.65 Å². The second kappa shape index (κ2) is 6.85. The van der Waals surface area contributed by atoms with Gasteiger partial charge in [-0.3, -0.25) is 0 Å². The zero-order chi connectivity index (χ0) is 17.1. The molecule has 3 rings (SSSR count). The summed E-state index contributed by atoms with van der Waals surface area (Å²) in [6, 6.07) is 7.10. The van der Waals surface area contributed by atoms with Gasteiger partial charge in [-0.1, -0.05) is 24.9 Å². The van der Waals surface area contributed by atoms with Gasteiger partial charge in [-0.05, 0) is 18.6 Å². The highest BCUT2D eigenvalue weighted by molar-refractivity contribution is 6.30. The van der Waals surface area contributed by atoms with Crippen LogP contribution in [0.1, 0.15) is 37.1 Å². The number of fused-ring (bicyclic) bond motifs is 1. The summed E-state index contributed by atoms with van der Waals surface area (Å²) in [5.74, 6) is 0.450. The van der Waals surface area contributed by atoms with Crippen molar-refractivity contribution < 1.29 is 4.74 Å². The van der Waals surface area contributed by atoms with E-state index in [0.717, 1.165) is 18.5 Å². The van der Waals surface area contributed by atoms with Crippen molar-refractivity contribution in [1.82, 2.24) is 19.5 Å². The van der Waals surface area contributed by atoms with Crippen LogP contribution >= 0.6 is 11.6 Å². The van der Waals surface area contributed by atoms with Crippen LogP contribution in [0.25, 0.3) is 11.2 Å². The number of aromatic nitrogens is 4. The Hall–Kier alpha value is -2.65. The van der Waals surface area contributed by atoms with Crippen molar-refractivity contribution in [1.29, 1.82) is 5.26 Å². The molecule has 3 aromatic rings. The van der Waals surface area contributed by atoms with Gasteiger partial charge in [0.25, 0.3) is 0 Å². The molecule has 0 amide bonds. The zero-order valence-corrected chi connectivity index (χ0v) is 14.2. The lowest BCUT2D eigenvalue weighted by molar-refractivity contribution is 0.190. The van der Waals surface area contributed by atoms with Crippen LogP contribution in [0.5, 0.6) is 5.75 Å². The number of nitrogens with zero attached hydrogens (tertiary/aromatic N) is 5. The van der Waals surface area contributed by atoms with E-state index in [0.29, 0.717) is 27.5 Å². The fraction of sp³-hybridized carbons (Fsp3) is 0.294. The Balaban J connectivity index is 2.04. The Bertz CT molecular complexity index is 915. The molecule has 0 aliphatic heterocycles. The lowest BCUT2D eigenvalue weighted by atomic mass is 10.1. The molecule has 1 atom stereocenters. The number of ether oxygens (including phenoxy) is 1. The van der Waals surface area contributed by atoms with Crippen LogP contribution in [-0.4, -0.2) is 19.5 Å². The molecular formula is C17H16ClN5O. The second-order valence-electron chi connectivity index (χ2n) is 5.43. The first-order valence-corrected chi connectivity index (χ1v) is 8.00. The van der Waals surface area contributed by atoms with Gasteiger partial charge < -0.3 is 9.30 Å². The molecule has 0 saturated heterocycles. The van der Waals surface area contributed by atoms with Crippen molar-refractivity contribution in [2.45, 2.75) is 25.9 Å². The molecule has 24 heavy (non-hydrogen) atoms. The molecule has 2 aromatic heterocycles. The number of rotatable bonds is 5. The summed E-state index contributed by atoms with van der Waals surface area (Å²) in [6.07, 6.45) is 4.51. The van der Waals surface area contributed by atoms with Crippen molar-refractivity contribution in [3.05, 3.63) is 47.1 Å². The number of aryl methyl sites for hydroxylation is 1. The maximum atomic E-state index is 9.28. The third kappa shape index (κ3) is 3.03. The average Bonchev–Trinajstić information content (AvgIpc) is 2.96. The predicted molar refractivity (Wildman–Crippen MR) is 90.7 cm³/mol. The first-order valence-electron chi connectivity index (χ1n) is 7.62. The van der Waals surface area contributed by atoms with E-state index in [-0.39, 0.29) is 6.10 Å². The fourth-order valence-electron chi connectivity index (χ4n) is 2.55. The minimum atomic E-state index is -0.332. The molecule has 0 bridgehead atoms. The van der Waals surface area contributed by atoms with E-state index in [4.69, 9.17) is 16.3 Å². The Morgan fingerprint density at radius 3 is 2.92 bits per heavy atom. The topological polar surface area (TPSA) is 76.6 Å². The number of hydrogen-bond donors (Lipinski definition) is 0. The third-order valence-electron chi connectivity index (χ3n) is 3.71. The maximum Gasteiger partial charge on any atom is 0.163 e. The molecule has 0 aliphatic rings. The van der Waals surface area contributed by atoms with Gasteiger partial charge in [0, 0.05) is 18.1 Å². The minimum Gasteiger partial charge on any atom is -0.483 e. The van der Waals surface area contributed by atoms with E-state index in [2.05, 4.69) is 27.9 Å². The molecule has 0 fully saturated rings. The van der Waals surface area contributed by atoms with Crippen molar-refractivity contribution >= 4 is 22.8 Å². The van der Waals surface area contributed by atoms with Crippen LogP contribution in [0.3, 0.4) is 0 Å². The monoisotopic (exact) mass is 341 g/mol. The lowest BCUT2D eigenvalue weighted by Crippen LogP contribution is -2.11. The molecular weight excluding hydrogens is 326 g/mol. The van der Waals surface area contributed by atoms with E-state index in [1.807, 2.05) is 11.6 Å². The van der Waals surface area contributed by atoms with Crippen LogP contribution in [-0.2, 0) is 7.05 Å². The zero-order valence-electron chi connectivity index (χ0n) is 13.4. The van der Waals surface area contributed by atoms with Crippen LogP contribution in [0.4, 0.5) is 0 Å². The normalized spacial score (nSPS) is 12.1. The smallest absolute Gasteiger partial charge is 0.163 e.